The van der Waals surface area contributed by atoms with Crippen molar-refractivity contribution in [1.29, 1.82) is 0 Å². The van der Waals surface area contributed by atoms with Crippen molar-refractivity contribution in [3.63, 3.8) is 0 Å². The van der Waals surface area contributed by atoms with Crippen molar-refractivity contribution in [3.05, 3.63) is 69.8 Å². The predicted molar refractivity (Wildman–Crippen MR) is 91.1 cm³/mol. The van der Waals surface area contributed by atoms with Crippen molar-refractivity contribution >= 4 is 11.6 Å². The first kappa shape index (κ1) is 17.5. The van der Waals surface area contributed by atoms with Crippen LogP contribution in [0.4, 0.5) is 5.69 Å². The third kappa shape index (κ3) is 4.81. The lowest BCUT2D eigenvalue weighted by Crippen LogP contribution is -2.37. The van der Waals surface area contributed by atoms with Gasteiger partial charge in [-0.25, -0.2) is 0 Å². The second-order valence-corrected chi connectivity index (χ2v) is 5.61. The monoisotopic (exact) mass is 328 g/mol. The molecule has 1 atom stereocenters. The highest BCUT2D eigenvalue weighted by atomic mass is 16.6. The van der Waals surface area contributed by atoms with Gasteiger partial charge in [0.2, 0.25) is 5.91 Å². The molecule has 2 rings (SSSR count). The minimum Gasteiger partial charge on any atom is -0.491 e. The second-order valence-electron chi connectivity index (χ2n) is 5.61. The molecule has 0 heterocycles. The lowest BCUT2D eigenvalue weighted by Gasteiger charge is -2.16. The molecule has 0 aliphatic heterocycles. The molecule has 1 amide bonds. The Morgan fingerprint density at radius 2 is 1.88 bits per heavy atom. The molecule has 0 aliphatic carbocycles. The first-order valence-electron chi connectivity index (χ1n) is 7.67. The zero-order valence-corrected chi connectivity index (χ0v) is 13.7. The van der Waals surface area contributed by atoms with Gasteiger partial charge in [0.05, 0.1) is 17.4 Å². The van der Waals surface area contributed by atoms with E-state index in [1.165, 1.54) is 6.07 Å². The van der Waals surface area contributed by atoms with Gasteiger partial charge in [-0.05, 0) is 25.5 Å². The number of hydrogen-bond donors (Lipinski definition) is 1. The van der Waals surface area contributed by atoms with E-state index in [2.05, 4.69) is 5.32 Å². The Morgan fingerprint density at radius 1 is 1.21 bits per heavy atom. The van der Waals surface area contributed by atoms with Gasteiger partial charge >= 0.3 is 0 Å². The van der Waals surface area contributed by atoms with Crippen LogP contribution < -0.4 is 10.1 Å². The Hall–Kier alpha value is -2.89. The molecular weight excluding hydrogens is 308 g/mol. The van der Waals surface area contributed by atoms with Gasteiger partial charge in [-0.15, -0.1) is 0 Å². The number of rotatable bonds is 7. The molecular formula is C18H20N2O4. The third-order valence-corrected chi connectivity index (χ3v) is 3.53. The summed E-state index contributed by atoms with van der Waals surface area (Å²) in [6.45, 7) is 4.11. The number of carbonyl (C=O) groups excluding carboxylic acids is 1. The zero-order chi connectivity index (χ0) is 17.5. The van der Waals surface area contributed by atoms with Crippen LogP contribution in [-0.4, -0.2) is 23.5 Å². The van der Waals surface area contributed by atoms with Gasteiger partial charge in [0.1, 0.15) is 12.4 Å². The Balaban J connectivity index is 1.88. The summed E-state index contributed by atoms with van der Waals surface area (Å²) in [7, 11) is 0. The summed E-state index contributed by atoms with van der Waals surface area (Å²) in [6, 6.07) is 13.7. The molecule has 0 saturated heterocycles. The maximum atomic E-state index is 12.1. The van der Waals surface area contributed by atoms with Crippen LogP contribution in [0.1, 0.15) is 18.1 Å². The molecule has 2 aromatic carbocycles. The maximum Gasteiger partial charge on any atom is 0.273 e. The molecule has 6 nitrogen and oxygen atoms in total. The van der Waals surface area contributed by atoms with Crippen molar-refractivity contribution < 1.29 is 14.5 Å². The van der Waals surface area contributed by atoms with Gasteiger partial charge < -0.3 is 10.1 Å². The number of nitro benzene ring substituents is 1. The van der Waals surface area contributed by atoms with E-state index in [9.17, 15) is 14.9 Å². The molecule has 0 fully saturated rings. The maximum absolute atomic E-state index is 12.1. The topological polar surface area (TPSA) is 81.5 Å². The molecule has 0 aromatic heterocycles. The van der Waals surface area contributed by atoms with E-state index in [1.807, 2.05) is 38.1 Å². The van der Waals surface area contributed by atoms with Crippen LogP contribution in [0.2, 0.25) is 0 Å². The third-order valence-electron chi connectivity index (χ3n) is 3.53. The fraction of sp³-hybridized carbons (Fsp3) is 0.278. The molecule has 0 unspecified atom stereocenters. The molecule has 0 aliphatic rings. The van der Waals surface area contributed by atoms with E-state index in [4.69, 9.17) is 4.74 Å². The van der Waals surface area contributed by atoms with Crippen LogP contribution in [0.15, 0.2) is 48.5 Å². The smallest absolute Gasteiger partial charge is 0.273 e. The number of nitrogens with one attached hydrogen (secondary N) is 1. The van der Waals surface area contributed by atoms with Crippen molar-refractivity contribution in [2.45, 2.75) is 26.3 Å². The number of ether oxygens (including phenoxy) is 1. The minimum absolute atomic E-state index is 0.0359. The molecule has 6 heteroatoms. The van der Waals surface area contributed by atoms with Crippen LogP contribution in [0.5, 0.6) is 5.75 Å². The standard InChI is InChI=1S/C18H20N2O4/c1-13-7-3-6-10-17(13)24-12-14(2)19-18(21)11-15-8-4-5-9-16(15)20(22)23/h3-10,14H,11-12H2,1-2H3,(H,19,21)/t14-/m0/s1. The number of nitro groups is 1. The summed E-state index contributed by atoms with van der Waals surface area (Å²) in [5.74, 6) is 0.502. The lowest BCUT2D eigenvalue weighted by molar-refractivity contribution is -0.385. The Kier molecular flexibility index (Phi) is 5.89. The molecule has 0 bridgehead atoms. The lowest BCUT2D eigenvalue weighted by atomic mass is 10.1. The number of nitrogens with zero attached hydrogens (tertiary/aromatic N) is 1. The fourth-order valence-electron chi connectivity index (χ4n) is 2.31. The van der Waals surface area contributed by atoms with Crippen LogP contribution in [0, 0.1) is 17.0 Å². The Morgan fingerprint density at radius 3 is 2.58 bits per heavy atom. The summed E-state index contributed by atoms with van der Waals surface area (Å²) < 4.78 is 5.69. The first-order chi connectivity index (χ1) is 11.5. The fourth-order valence-corrected chi connectivity index (χ4v) is 2.31. The Labute approximate surface area is 140 Å². The van der Waals surface area contributed by atoms with E-state index in [0.717, 1.165) is 11.3 Å². The number of amides is 1. The molecule has 1 N–H and O–H groups in total. The first-order valence-corrected chi connectivity index (χ1v) is 7.67. The number of hydrogen-bond acceptors (Lipinski definition) is 4. The van der Waals surface area contributed by atoms with Crippen molar-refractivity contribution in [3.8, 4) is 5.75 Å². The number of para-hydroxylation sites is 2. The van der Waals surface area contributed by atoms with Gasteiger partial charge in [-0.3, -0.25) is 14.9 Å². The molecule has 2 aromatic rings. The molecule has 0 radical (unpaired) electrons. The van der Waals surface area contributed by atoms with Crippen molar-refractivity contribution in [2.75, 3.05) is 6.61 Å². The average molecular weight is 328 g/mol. The highest BCUT2D eigenvalue weighted by Crippen LogP contribution is 2.18. The van der Waals surface area contributed by atoms with E-state index >= 15 is 0 Å². The van der Waals surface area contributed by atoms with Gasteiger partial charge in [0, 0.05) is 11.6 Å². The zero-order valence-electron chi connectivity index (χ0n) is 13.7. The number of carbonyl (C=O) groups is 1. The number of benzene rings is 2. The summed E-state index contributed by atoms with van der Waals surface area (Å²) in [5, 5.41) is 13.8. The van der Waals surface area contributed by atoms with Crippen LogP contribution in [0.3, 0.4) is 0 Å². The van der Waals surface area contributed by atoms with Gasteiger partial charge in [0.15, 0.2) is 0 Å². The summed E-state index contributed by atoms with van der Waals surface area (Å²) in [4.78, 5) is 22.6. The highest BCUT2D eigenvalue weighted by molar-refractivity contribution is 5.80. The van der Waals surface area contributed by atoms with Crippen LogP contribution in [-0.2, 0) is 11.2 Å². The van der Waals surface area contributed by atoms with E-state index in [0.29, 0.717) is 12.2 Å². The van der Waals surface area contributed by atoms with Crippen molar-refractivity contribution in [2.24, 2.45) is 0 Å². The van der Waals surface area contributed by atoms with E-state index < -0.39 is 4.92 Å². The predicted octanol–water partition coefficient (Wildman–Crippen LogP) is 3.03. The van der Waals surface area contributed by atoms with E-state index in [-0.39, 0.29) is 24.1 Å². The minimum atomic E-state index is -0.479. The van der Waals surface area contributed by atoms with Gasteiger partial charge in [-0.1, -0.05) is 36.4 Å². The normalized spacial score (nSPS) is 11.6. The average Bonchev–Trinajstić information content (AvgIpc) is 2.54. The quantitative estimate of drug-likeness (QED) is 0.625. The van der Waals surface area contributed by atoms with Gasteiger partial charge in [0.25, 0.3) is 5.69 Å². The molecule has 0 saturated carbocycles. The van der Waals surface area contributed by atoms with Crippen LogP contribution in [0.25, 0.3) is 0 Å². The molecule has 24 heavy (non-hydrogen) atoms. The summed E-state index contributed by atoms with van der Waals surface area (Å²) >= 11 is 0. The largest absolute Gasteiger partial charge is 0.491 e. The Bertz CT molecular complexity index is 730. The van der Waals surface area contributed by atoms with Gasteiger partial charge in [-0.2, -0.15) is 0 Å². The second kappa shape index (κ2) is 8.10. The highest BCUT2D eigenvalue weighted by Gasteiger charge is 2.16. The molecule has 0 spiro atoms. The van der Waals surface area contributed by atoms with Crippen LogP contribution >= 0.6 is 0 Å². The summed E-state index contributed by atoms with van der Waals surface area (Å²) in [5.41, 5.74) is 1.37. The van der Waals surface area contributed by atoms with E-state index in [1.54, 1.807) is 18.2 Å². The SMILES string of the molecule is Cc1ccccc1OC[C@H](C)NC(=O)Cc1ccccc1[N+](=O)[O-]. The van der Waals surface area contributed by atoms with Crippen molar-refractivity contribution in [1.82, 2.24) is 5.32 Å². The molecule has 126 valence electrons. The summed E-state index contributed by atoms with van der Waals surface area (Å²) in [6.07, 6.45) is -0.0359. The number of aryl methyl sites for hydroxylation is 1.